The van der Waals surface area contributed by atoms with Crippen molar-refractivity contribution in [1.29, 1.82) is 0 Å². The van der Waals surface area contributed by atoms with Crippen LogP contribution in [0.25, 0.3) is 16.7 Å². The largest absolute Gasteiger partial charge is 0.365 e. The Kier molecular flexibility index (Phi) is 5.79. The summed E-state index contributed by atoms with van der Waals surface area (Å²) in [5.41, 5.74) is 4.49. The van der Waals surface area contributed by atoms with Crippen LogP contribution in [0.5, 0.6) is 0 Å². The predicted octanol–water partition coefficient (Wildman–Crippen LogP) is 2.71. The highest BCUT2D eigenvalue weighted by molar-refractivity contribution is 5.84. The van der Waals surface area contributed by atoms with E-state index in [1.807, 2.05) is 37.3 Å². The molecule has 8 nitrogen and oxygen atoms in total. The zero-order valence-corrected chi connectivity index (χ0v) is 17.5. The molecule has 1 amide bonds. The van der Waals surface area contributed by atoms with Crippen molar-refractivity contribution in [2.75, 3.05) is 11.9 Å². The molecule has 0 unspecified atom stereocenters. The molecule has 3 heterocycles. The third kappa shape index (κ3) is 4.48. The molecule has 3 aromatic heterocycles. The molecule has 0 saturated heterocycles. The van der Waals surface area contributed by atoms with Crippen LogP contribution in [0.15, 0.2) is 59.7 Å². The number of H-pyrrole nitrogens is 1. The van der Waals surface area contributed by atoms with E-state index < -0.39 is 0 Å². The molecule has 8 heteroatoms. The number of hydrogen-bond acceptors (Lipinski definition) is 5. The number of rotatable bonds is 7. The van der Waals surface area contributed by atoms with Crippen LogP contribution in [-0.2, 0) is 17.8 Å². The van der Waals surface area contributed by atoms with Gasteiger partial charge in [-0.05, 0) is 31.0 Å². The van der Waals surface area contributed by atoms with Crippen molar-refractivity contribution in [3.8, 4) is 5.69 Å². The summed E-state index contributed by atoms with van der Waals surface area (Å²) in [5.74, 6) is 0.175. The molecule has 4 aromatic rings. The second-order valence-corrected chi connectivity index (χ2v) is 7.33. The van der Waals surface area contributed by atoms with E-state index in [1.165, 1.54) is 12.5 Å². The smallest absolute Gasteiger partial charge is 0.298 e. The number of aryl methyl sites for hydroxylation is 1. The van der Waals surface area contributed by atoms with Gasteiger partial charge in [0.1, 0.15) is 5.52 Å². The molecule has 0 aliphatic carbocycles. The van der Waals surface area contributed by atoms with Gasteiger partial charge in [-0.25, -0.2) is 9.97 Å². The molecule has 4 rings (SSSR count). The van der Waals surface area contributed by atoms with Gasteiger partial charge in [0.15, 0.2) is 5.82 Å². The van der Waals surface area contributed by atoms with Crippen LogP contribution >= 0.6 is 0 Å². The number of carbonyl (C=O) groups excluding carboxylic acids is 1. The van der Waals surface area contributed by atoms with E-state index >= 15 is 0 Å². The van der Waals surface area contributed by atoms with Crippen LogP contribution < -0.4 is 16.2 Å². The number of hydrogen-bond donors (Lipinski definition) is 3. The molecule has 0 aliphatic rings. The number of nitrogens with one attached hydrogen (secondary N) is 3. The second-order valence-electron chi connectivity index (χ2n) is 7.33. The van der Waals surface area contributed by atoms with Gasteiger partial charge in [-0.2, -0.15) is 0 Å². The van der Waals surface area contributed by atoms with Gasteiger partial charge in [-0.3, -0.25) is 14.2 Å². The number of amides is 1. The standard InChI is InChI=1S/C23H24N6O2/c1-15-12-27-22(24-11-10-17-6-4-3-5-7-17)23(31)29(15)20-14-26-19-9-8-18(28-21(19)20)13-25-16(2)30/h3-9,12,14,26H,10-11,13H2,1-2H3,(H,24,27)(H,25,30). The lowest BCUT2D eigenvalue weighted by Crippen LogP contribution is -2.26. The molecule has 158 valence electrons. The number of nitrogens with zero attached hydrogens (tertiary/aromatic N) is 3. The van der Waals surface area contributed by atoms with Crippen LogP contribution in [-0.4, -0.2) is 32.0 Å². The third-order valence-electron chi connectivity index (χ3n) is 5.01. The minimum absolute atomic E-state index is 0.122. The van der Waals surface area contributed by atoms with Crippen LogP contribution in [0, 0.1) is 6.92 Å². The average molecular weight is 416 g/mol. The Morgan fingerprint density at radius 2 is 1.97 bits per heavy atom. The lowest BCUT2D eigenvalue weighted by Gasteiger charge is -2.12. The van der Waals surface area contributed by atoms with Crippen molar-refractivity contribution in [1.82, 2.24) is 24.8 Å². The number of fused-ring (bicyclic) bond motifs is 1. The van der Waals surface area contributed by atoms with E-state index in [2.05, 4.69) is 37.7 Å². The summed E-state index contributed by atoms with van der Waals surface area (Å²) in [5, 5.41) is 5.91. The summed E-state index contributed by atoms with van der Waals surface area (Å²) in [7, 11) is 0. The van der Waals surface area contributed by atoms with E-state index in [0.29, 0.717) is 41.5 Å². The molecular weight excluding hydrogens is 392 g/mol. The number of carbonyl (C=O) groups is 1. The first-order valence-electron chi connectivity index (χ1n) is 10.1. The fourth-order valence-electron chi connectivity index (χ4n) is 3.44. The van der Waals surface area contributed by atoms with Crippen LogP contribution in [0.4, 0.5) is 5.82 Å². The topological polar surface area (TPSA) is 105 Å². The van der Waals surface area contributed by atoms with Crippen LogP contribution in [0.2, 0.25) is 0 Å². The maximum atomic E-state index is 13.2. The normalized spacial score (nSPS) is 10.9. The molecule has 0 saturated carbocycles. The fourth-order valence-corrected chi connectivity index (χ4v) is 3.44. The highest BCUT2D eigenvalue weighted by Crippen LogP contribution is 2.21. The minimum Gasteiger partial charge on any atom is -0.365 e. The van der Waals surface area contributed by atoms with Gasteiger partial charge in [0, 0.05) is 31.6 Å². The summed E-state index contributed by atoms with van der Waals surface area (Å²) in [6, 6.07) is 13.8. The van der Waals surface area contributed by atoms with E-state index in [-0.39, 0.29) is 11.5 Å². The zero-order chi connectivity index (χ0) is 21.8. The Balaban J connectivity index is 1.63. The lowest BCUT2D eigenvalue weighted by atomic mass is 10.1. The highest BCUT2D eigenvalue weighted by Gasteiger charge is 2.15. The maximum absolute atomic E-state index is 13.2. The summed E-state index contributed by atoms with van der Waals surface area (Å²) >= 11 is 0. The highest BCUT2D eigenvalue weighted by atomic mass is 16.1. The maximum Gasteiger partial charge on any atom is 0.298 e. The van der Waals surface area contributed by atoms with Crippen molar-refractivity contribution < 1.29 is 4.79 Å². The Morgan fingerprint density at radius 3 is 2.74 bits per heavy atom. The number of aromatic amines is 1. The molecule has 0 bridgehead atoms. The Morgan fingerprint density at radius 1 is 1.16 bits per heavy atom. The Bertz CT molecular complexity index is 1280. The number of anilines is 1. The van der Waals surface area contributed by atoms with E-state index in [9.17, 15) is 9.59 Å². The van der Waals surface area contributed by atoms with Gasteiger partial charge in [0.05, 0.1) is 23.4 Å². The molecule has 0 atom stereocenters. The summed E-state index contributed by atoms with van der Waals surface area (Å²) in [6.07, 6.45) is 4.23. The van der Waals surface area contributed by atoms with Gasteiger partial charge < -0.3 is 15.6 Å². The van der Waals surface area contributed by atoms with Crippen molar-refractivity contribution in [2.24, 2.45) is 0 Å². The molecule has 31 heavy (non-hydrogen) atoms. The minimum atomic E-state index is -0.233. The molecule has 1 aromatic carbocycles. The molecular formula is C23H24N6O2. The monoisotopic (exact) mass is 416 g/mol. The lowest BCUT2D eigenvalue weighted by molar-refractivity contribution is -0.119. The second kappa shape index (κ2) is 8.83. The Hall–Kier alpha value is -3.94. The number of pyridine rings is 1. The molecule has 0 fully saturated rings. The van der Waals surface area contributed by atoms with Crippen molar-refractivity contribution in [3.63, 3.8) is 0 Å². The van der Waals surface area contributed by atoms with E-state index in [1.54, 1.807) is 17.0 Å². The summed E-state index contributed by atoms with van der Waals surface area (Å²) in [6.45, 7) is 4.23. The first kappa shape index (κ1) is 20.3. The number of benzene rings is 1. The summed E-state index contributed by atoms with van der Waals surface area (Å²) < 4.78 is 1.60. The third-order valence-corrected chi connectivity index (χ3v) is 5.01. The molecule has 0 spiro atoms. The zero-order valence-electron chi connectivity index (χ0n) is 17.5. The number of aromatic nitrogens is 4. The van der Waals surface area contributed by atoms with E-state index in [4.69, 9.17) is 0 Å². The molecule has 3 N–H and O–H groups in total. The quantitative estimate of drug-likeness (QED) is 0.430. The SMILES string of the molecule is CC(=O)NCc1ccc2[nH]cc(-n3c(C)cnc(NCCc4ccccc4)c3=O)c2n1. The van der Waals surface area contributed by atoms with Gasteiger partial charge in [-0.1, -0.05) is 30.3 Å². The summed E-state index contributed by atoms with van der Waals surface area (Å²) in [4.78, 5) is 36.6. The average Bonchev–Trinajstić information content (AvgIpc) is 3.18. The first-order chi connectivity index (χ1) is 15.0. The fraction of sp³-hybridized carbons (Fsp3) is 0.217. The van der Waals surface area contributed by atoms with Gasteiger partial charge in [0.25, 0.3) is 5.56 Å². The van der Waals surface area contributed by atoms with Crippen molar-refractivity contribution >= 4 is 22.8 Å². The molecule has 0 aliphatic heterocycles. The van der Waals surface area contributed by atoms with E-state index in [0.717, 1.165) is 11.9 Å². The predicted molar refractivity (Wildman–Crippen MR) is 120 cm³/mol. The van der Waals surface area contributed by atoms with Gasteiger partial charge in [-0.15, -0.1) is 0 Å². The van der Waals surface area contributed by atoms with Crippen molar-refractivity contribution in [3.05, 3.63) is 82.2 Å². The van der Waals surface area contributed by atoms with Gasteiger partial charge >= 0.3 is 0 Å². The van der Waals surface area contributed by atoms with Gasteiger partial charge in [0.2, 0.25) is 5.91 Å². The van der Waals surface area contributed by atoms with Crippen LogP contribution in [0.3, 0.4) is 0 Å². The van der Waals surface area contributed by atoms with Crippen molar-refractivity contribution in [2.45, 2.75) is 26.8 Å². The molecule has 0 radical (unpaired) electrons. The Labute approximate surface area is 179 Å². The van der Waals surface area contributed by atoms with Crippen LogP contribution in [0.1, 0.15) is 23.9 Å². The first-order valence-corrected chi connectivity index (χ1v) is 10.1.